The second kappa shape index (κ2) is 14.4. The Morgan fingerprint density at radius 1 is 0.864 bits per heavy atom. The highest BCUT2D eigenvalue weighted by Gasteiger charge is 2.38. The number of carboxylic acid groups (broad SMARTS) is 1. The fraction of sp³-hybridized carbons (Fsp3) is 0.360. The molecule has 1 aliphatic rings. The second-order valence-electron chi connectivity index (χ2n) is 9.39. The van der Waals surface area contributed by atoms with Gasteiger partial charge < -0.3 is 26.8 Å². The number of hydrogen-bond acceptors (Lipinski definition) is 7. The number of amides is 3. The van der Waals surface area contributed by atoms with Gasteiger partial charge in [0.15, 0.2) is 0 Å². The summed E-state index contributed by atoms with van der Waals surface area (Å²) in [4.78, 5) is 46.2. The first-order chi connectivity index (χ1) is 20.2. The summed E-state index contributed by atoms with van der Waals surface area (Å²) in [6, 6.07) is 6.52. The maximum atomic E-state index is 12.9. The molecule has 0 saturated heterocycles. The second-order valence-corrected chi connectivity index (χ2v) is 11.0. The molecule has 2 aromatic rings. The normalized spacial score (nSPS) is 17.0. The molecule has 0 radical (unpaired) electrons. The maximum Gasteiger partial charge on any atom is 0.490 e. The predicted octanol–water partition coefficient (Wildman–Crippen LogP) is 2.16. The molecule has 0 unspecified atom stereocenters. The van der Waals surface area contributed by atoms with Crippen LogP contribution in [0, 0.1) is 0 Å². The number of nitrogens with two attached hydrogens (primary N) is 2. The zero-order chi connectivity index (χ0) is 33.5. The number of halogens is 6. The lowest BCUT2D eigenvalue weighted by molar-refractivity contribution is -0.192. The standard InChI is InChI=1S/C23H26F3N5O5S.C2HF3O2/c24-23(25,26)14-7-10-17(27)16(11-14)22(34)29-12-20(32)30-18-3-1-2-4-19(18)31-21(33)13-5-8-15(9-6-13)37(28,35)36;3-2(4,5)1(6)7/h5-11,18-19H,1-4,12,27H2,(H,29,34)(H,30,32)(H,31,33)(H2,28,35,36);(H,6,7)/t18-,19+;/m0./s1. The first-order valence-corrected chi connectivity index (χ1v) is 14.0. The van der Waals surface area contributed by atoms with E-state index in [2.05, 4.69) is 16.0 Å². The van der Waals surface area contributed by atoms with Crippen molar-refractivity contribution in [2.75, 3.05) is 12.3 Å². The molecule has 2 aromatic carbocycles. The molecule has 19 heteroatoms. The van der Waals surface area contributed by atoms with Crippen molar-refractivity contribution in [2.24, 2.45) is 5.14 Å². The highest BCUT2D eigenvalue weighted by Crippen LogP contribution is 2.31. The van der Waals surface area contributed by atoms with Gasteiger partial charge in [-0.1, -0.05) is 12.8 Å². The summed E-state index contributed by atoms with van der Waals surface area (Å²) >= 11 is 0. The Morgan fingerprint density at radius 3 is 1.86 bits per heavy atom. The monoisotopic (exact) mass is 655 g/mol. The summed E-state index contributed by atoms with van der Waals surface area (Å²) in [6.45, 7) is -0.513. The zero-order valence-electron chi connectivity index (χ0n) is 22.5. The van der Waals surface area contributed by atoms with Gasteiger partial charge in [-0.3, -0.25) is 14.4 Å². The third kappa shape index (κ3) is 10.7. The van der Waals surface area contributed by atoms with E-state index in [0.717, 1.165) is 25.0 Å². The van der Waals surface area contributed by atoms with Gasteiger partial charge in [0.2, 0.25) is 15.9 Å². The van der Waals surface area contributed by atoms with Crippen LogP contribution in [0.5, 0.6) is 0 Å². The van der Waals surface area contributed by atoms with E-state index in [1.807, 2.05) is 0 Å². The first-order valence-electron chi connectivity index (χ1n) is 12.5. The van der Waals surface area contributed by atoms with Crippen LogP contribution >= 0.6 is 0 Å². The molecular formula is C25H27F6N5O7S. The SMILES string of the molecule is Nc1ccc(C(F)(F)F)cc1C(=O)NCC(=O)N[C@H]1CCCC[C@H]1NC(=O)c1ccc(S(N)(=O)=O)cc1.O=C(O)C(F)(F)F. The van der Waals surface area contributed by atoms with Crippen LogP contribution < -0.4 is 26.8 Å². The van der Waals surface area contributed by atoms with Crippen molar-refractivity contribution in [1.82, 2.24) is 16.0 Å². The Labute approximate surface area is 246 Å². The number of hydrogen-bond donors (Lipinski definition) is 6. The number of carbonyl (C=O) groups excluding carboxylic acids is 3. The summed E-state index contributed by atoms with van der Waals surface area (Å²) in [5, 5.41) is 20.0. The van der Waals surface area contributed by atoms with Crippen molar-refractivity contribution in [3.05, 3.63) is 59.2 Å². The third-order valence-electron chi connectivity index (χ3n) is 6.15. The Morgan fingerprint density at radius 2 is 1.39 bits per heavy atom. The van der Waals surface area contributed by atoms with E-state index in [-0.39, 0.29) is 16.1 Å². The van der Waals surface area contributed by atoms with Crippen molar-refractivity contribution < 1.29 is 59.0 Å². The maximum absolute atomic E-state index is 12.9. The van der Waals surface area contributed by atoms with Crippen molar-refractivity contribution in [1.29, 1.82) is 0 Å². The van der Waals surface area contributed by atoms with Crippen molar-refractivity contribution in [3.8, 4) is 0 Å². The fourth-order valence-electron chi connectivity index (χ4n) is 3.97. The molecule has 2 atom stereocenters. The average Bonchev–Trinajstić information content (AvgIpc) is 2.91. The van der Waals surface area contributed by atoms with Crippen molar-refractivity contribution in [2.45, 2.75) is 55.0 Å². The number of nitrogens with one attached hydrogen (secondary N) is 3. The molecule has 44 heavy (non-hydrogen) atoms. The number of carboxylic acids is 1. The van der Waals surface area contributed by atoms with E-state index >= 15 is 0 Å². The van der Waals surface area contributed by atoms with Gasteiger partial charge in [-0.15, -0.1) is 0 Å². The number of anilines is 1. The lowest BCUT2D eigenvalue weighted by Crippen LogP contribution is -2.54. The Kier molecular flexibility index (Phi) is 11.7. The topological polar surface area (TPSA) is 211 Å². The largest absolute Gasteiger partial charge is 0.490 e. The zero-order valence-corrected chi connectivity index (χ0v) is 23.3. The number of rotatable bonds is 7. The minimum atomic E-state index is -5.08. The number of alkyl halides is 6. The van der Waals surface area contributed by atoms with Crippen LogP contribution in [0.1, 0.15) is 52.0 Å². The molecular weight excluding hydrogens is 628 g/mol. The van der Waals surface area contributed by atoms with Gasteiger partial charge in [0.25, 0.3) is 11.8 Å². The molecule has 1 aliphatic carbocycles. The summed E-state index contributed by atoms with van der Waals surface area (Å²) in [5.74, 6) is -4.76. The Balaban J connectivity index is 0.000000860. The van der Waals surface area contributed by atoms with E-state index in [1.165, 1.54) is 24.3 Å². The highest BCUT2D eigenvalue weighted by molar-refractivity contribution is 7.89. The highest BCUT2D eigenvalue weighted by atomic mass is 32.2. The van der Waals surface area contributed by atoms with Gasteiger partial charge in [0.05, 0.1) is 22.6 Å². The van der Waals surface area contributed by atoms with Crippen LogP contribution in [0.25, 0.3) is 0 Å². The minimum absolute atomic E-state index is 0.138. The number of primary sulfonamides is 1. The van der Waals surface area contributed by atoms with Crippen molar-refractivity contribution >= 4 is 39.4 Å². The number of aliphatic carboxylic acids is 1. The quantitative estimate of drug-likeness (QED) is 0.192. The first kappa shape index (κ1) is 35.8. The fourth-order valence-corrected chi connectivity index (χ4v) is 4.48. The number of nitrogen functional groups attached to an aromatic ring is 1. The van der Waals surface area contributed by atoms with Crippen LogP contribution in [0.4, 0.5) is 32.0 Å². The molecule has 8 N–H and O–H groups in total. The molecule has 1 saturated carbocycles. The van der Waals surface area contributed by atoms with Gasteiger partial charge in [-0.25, -0.2) is 18.4 Å². The average molecular weight is 656 g/mol. The van der Waals surface area contributed by atoms with Gasteiger partial charge in [0.1, 0.15) is 0 Å². The van der Waals surface area contributed by atoms with E-state index in [1.54, 1.807) is 0 Å². The van der Waals surface area contributed by atoms with Crippen LogP contribution in [0.3, 0.4) is 0 Å². The molecule has 242 valence electrons. The summed E-state index contributed by atoms with van der Waals surface area (Å²) in [6.07, 6.45) is -7.04. The Bertz CT molecular complexity index is 1480. The predicted molar refractivity (Wildman–Crippen MR) is 141 cm³/mol. The molecule has 0 bridgehead atoms. The number of sulfonamides is 1. The number of benzene rings is 2. The third-order valence-corrected chi connectivity index (χ3v) is 7.08. The van der Waals surface area contributed by atoms with Crippen LogP contribution in [0.2, 0.25) is 0 Å². The molecule has 0 aliphatic heterocycles. The summed E-state index contributed by atoms with van der Waals surface area (Å²) in [7, 11) is -3.90. The van der Waals surface area contributed by atoms with Crippen LogP contribution in [-0.2, 0) is 25.8 Å². The molecule has 3 amide bonds. The van der Waals surface area contributed by atoms with Gasteiger partial charge in [-0.05, 0) is 55.3 Å². The van der Waals surface area contributed by atoms with Gasteiger partial charge in [0, 0.05) is 23.3 Å². The molecule has 0 spiro atoms. The molecule has 1 fully saturated rings. The van der Waals surface area contributed by atoms with Gasteiger partial charge in [-0.2, -0.15) is 26.3 Å². The van der Waals surface area contributed by atoms with E-state index < -0.39 is 75.8 Å². The Hall–Kier alpha value is -4.39. The van der Waals surface area contributed by atoms with E-state index in [4.69, 9.17) is 20.8 Å². The minimum Gasteiger partial charge on any atom is -0.475 e. The van der Waals surface area contributed by atoms with E-state index in [9.17, 15) is 49.1 Å². The lowest BCUT2D eigenvalue weighted by Gasteiger charge is -2.33. The van der Waals surface area contributed by atoms with E-state index in [0.29, 0.717) is 18.9 Å². The van der Waals surface area contributed by atoms with Crippen molar-refractivity contribution in [3.63, 3.8) is 0 Å². The molecule has 12 nitrogen and oxygen atoms in total. The smallest absolute Gasteiger partial charge is 0.475 e. The number of carbonyl (C=O) groups is 4. The molecule has 3 rings (SSSR count). The van der Waals surface area contributed by atoms with Gasteiger partial charge >= 0.3 is 18.3 Å². The summed E-state index contributed by atoms with van der Waals surface area (Å²) < 4.78 is 93.3. The van der Waals surface area contributed by atoms with Crippen LogP contribution in [0.15, 0.2) is 47.4 Å². The molecule has 0 aromatic heterocycles. The lowest BCUT2D eigenvalue weighted by atomic mass is 9.90. The summed E-state index contributed by atoms with van der Waals surface area (Å²) in [5.41, 5.74) is 4.21. The molecule has 0 heterocycles. The van der Waals surface area contributed by atoms with Crippen LogP contribution in [-0.4, -0.2) is 62.0 Å².